The minimum atomic E-state index is -0.453. The SMILES string of the molecule is Cc1cc(Cl)c(C(C)C)cc1OC(=O)CCN1C(=O)[C@H]2CCCC[C@@H]2C1=O. The van der Waals surface area contributed by atoms with E-state index >= 15 is 0 Å². The number of likely N-dealkylation sites (tertiary alicyclic amines) is 1. The molecular formula is C21H26ClNO4. The van der Waals surface area contributed by atoms with Gasteiger partial charge < -0.3 is 4.74 Å². The third-order valence-corrected chi connectivity index (χ3v) is 5.94. The first kappa shape index (κ1) is 19.9. The Morgan fingerprint density at radius 3 is 2.33 bits per heavy atom. The van der Waals surface area contributed by atoms with Gasteiger partial charge in [0.1, 0.15) is 5.75 Å². The number of esters is 1. The summed E-state index contributed by atoms with van der Waals surface area (Å²) in [6.45, 7) is 5.96. The fraction of sp³-hybridized carbons (Fsp3) is 0.571. The van der Waals surface area contributed by atoms with E-state index < -0.39 is 5.97 Å². The highest BCUT2D eigenvalue weighted by Gasteiger charge is 2.47. The average molecular weight is 392 g/mol. The molecule has 146 valence electrons. The van der Waals surface area contributed by atoms with Crippen LogP contribution in [0.15, 0.2) is 12.1 Å². The Hall–Kier alpha value is -1.88. The molecule has 0 aromatic heterocycles. The Kier molecular flexibility index (Phi) is 5.89. The highest BCUT2D eigenvalue weighted by atomic mass is 35.5. The van der Waals surface area contributed by atoms with Gasteiger partial charge in [-0.15, -0.1) is 0 Å². The van der Waals surface area contributed by atoms with E-state index in [-0.39, 0.29) is 42.5 Å². The van der Waals surface area contributed by atoms with Crippen LogP contribution in [0.1, 0.15) is 63.0 Å². The fourth-order valence-electron chi connectivity index (χ4n) is 4.05. The second-order valence-corrected chi connectivity index (χ2v) is 8.25. The molecule has 1 aromatic rings. The van der Waals surface area contributed by atoms with Gasteiger partial charge in [0, 0.05) is 11.6 Å². The third-order valence-electron chi connectivity index (χ3n) is 5.61. The molecule has 0 spiro atoms. The first-order chi connectivity index (χ1) is 12.8. The van der Waals surface area contributed by atoms with Crippen molar-refractivity contribution >= 4 is 29.4 Å². The van der Waals surface area contributed by atoms with Gasteiger partial charge in [-0.3, -0.25) is 19.3 Å². The van der Waals surface area contributed by atoms with E-state index in [1.54, 1.807) is 12.1 Å². The van der Waals surface area contributed by atoms with Crippen molar-refractivity contribution in [3.63, 3.8) is 0 Å². The van der Waals surface area contributed by atoms with E-state index in [9.17, 15) is 14.4 Å². The zero-order chi connectivity index (χ0) is 19.7. The number of amides is 2. The Labute approximate surface area is 165 Å². The third kappa shape index (κ3) is 4.03. The van der Waals surface area contributed by atoms with Crippen molar-refractivity contribution in [1.82, 2.24) is 4.90 Å². The zero-order valence-corrected chi connectivity index (χ0v) is 16.8. The molecule has 3 rings (SSSR count). The van der Waals surface area contributed by atoms with Gasteiger partial charge in [0.2, 0.25) is 11.8 Å². The summed E-state index contributed by atoms with van der Waals surface area (Å²) >= 11 is 6.25. The van der Waals surface area contributed by atoms with Gasteiger partial charge in [-0.05, 0) is 48.9 Å². The highest BCUT2D eigenvalue weighted by Crippen LogP contribution is 2.38. The van der Waals surface area contributed by atoms with E-state index in [0.29, 0.717) is 10.8 Å². The molecule has 1 aliphatic heterocycles. The predicted molar refractivity (Wildman–Crippen MR) is 103 cm³/mol. The molecule has 0 radical (unpaired) electrons. The maximum Gasteiger partial charge on any atom is 0.313 e. The van der Waals surface area contributed by atoms with E-state index in [0.717, 1.165) is 36.8 Å². The van der Waals surface area contributed by atoms with Gasteiger partial charge >= 0.3 is 5.97 Å². The molecule has 1 aromatic carbocycles. The Bertz CT molecular complexity index is 750. The summed E-state index contributed by atoms with van der Waals surface area (Å²) in [5, 5.41) is 0.651. The summed E-state index contributed by atoms with van der Waals surface area (Å²) in [4.78, 5) is 38.5. The van der Waals surface area contributed by atoms with E-state index in [1.165, 1.54) is 4.90 Å². The van der Waals surface area contributed by atoms with Crippen molar-refractivity contribution in [1.29, 1.82) is 0 Å². The number of carbonyl (C=O) groups is 3. The molecular weight excluding hydrogens is 366 g/mol. The molecule has 1 aliphatic carbocycles. The Balaban J connectivity index is 1.63. The Morgan fingerprint density at radius 2 is 1.78 bits per heavy atom. The standard InChI is InChI=1S/C21H26ClNO4/c1-12(2)16-11-18(13(3)10-17(16)22)27-19(24)8-9-23-20(25)14-6-4-5-7-15(14)21(23)26/h10-12,14-15H,4-9H2,1-3H3/t14-,15-/m0/s1. The van der Waals surface area contributed by atoms with Crippen LogP contribution < -0.4 is 4.74 Å². The number of hydrogen-bond donors (Lipinski definition) is 0. The van der Waals surface area contributed by atoms with E-state index in [1.807, 2.05) is 20.8 Å². The lowest BCUT2D eigenvalue weighted by Gasteiger charge is -2.19. The summed E-state index contributed by atoms with van der Waals surface area (Å²) in [5.41, 5.74) is 1.69. The summed E-state index contributed by atoms with van der Waals surface area (Å²) in [5.74, 6) is -0.390. The van der Waals surface area contributed by atoms with Crippen LogP contribution in [-0.2, 0) is 14.4 Å². The fourth-order valence-corrected chi connectivity index (χ4v) is 4.49. The quantitative estimate of drug-likeness (QED) is 0.427. The predicted octanol–water partition coefficient (Wildman–Crippen LogP) is 4.24. The normalized spacial score (nSPS) is 22.3. The molecule has 1 saturated carbocycles. The molecule has 0 bridgehead atoms. The lowest BCUT2D eigenvalue weighted by Crippen LogP contribution is -2.33. The topological polar surface area (TPSA) is 63.7 Å². The molecule has 2 fully saturated rings. The second-order valence-electron chi connectivity index (χ2n) is 7.84. The number of imide groups is 1. The van der Waals surface area contributed by atoms with Crippen molar-refractivity contribution < 1.29 is 19.1 Å². The summed E-state index contributed by atoms with van der Waals surface area (Å²) in [7, 11) is 0. The van der Waals surface area contributed by atoms with Gasteiger partial charge in [0.05, 0.1) is 18.3 Å². The average Bonchev–Trinajstić information content (AvgIpc) is 2.86. The van der Waals surface area contributed by atoms with Gasteiger partial charge in [0.25, 0.3) is 0 Å². The number of nitrogens with zero attached hydrogens (tertiary/aromatic N) is 1. The smallest absolute Gasteiger partial charge is 0.313 e. The van der Waals surface area contributed by atoms with Crippen molar-refractivity contribution in [2.24, 2.45) is 11.8 Å². The summed E-state index contributed by atoms with van der Waals surface area (Å²) in [6, 6.07) is 3.58. The molecule has 5 nitrogen and oxygen atoms in total. The molecule has 2 aliphatic rings. The molecule has 2 atom stereocenters. The van der Waals surface area contributed by atoms with Gasteiger partial charge in [-0.25, -0.2) is 0 Å². The maximum atomic E-state index is 12.5. The summed E-state index contributed by atoms with van der Waals surface area (Å²) in [6.07, 6.45) is 3.53. The van der Waals surface area contributed by atoms with Gasteiger partial charge in [-0.1, -0.05) is 38.3 Å². The number of rotatable bonds is 5. The van der Waals surface area contributed by atoms with Crippen LogP contribution >= 0.6 is 11.6 Å². The molecule has 6 heteroatoms. The van der Waals surface area contributed by atoms with Crippen molar-refractivity contribution in [2.45, 2.75) is 58.8 Å². The number of ether oxygens (including phenoxy) is 1. The molecule has 0 N–H and O–H groups in total. The Morgan fingerprint density at radius 1 is 1.19 bits per heavy atom. The molecule has 2 amide bonds. The van der Waals surface area contributed by atoms with E-state index in [4.69, 9.17) is 16.3 Å². The first-order valence-electron chi connectivity index (χ1n) is 9.65. The molecule has 0 unspecified atom stereocenters. The van der Waals surface area contributed by atoms with Crippen LogP contribution in [0.25, 0.3) is 0 Å². The van der Waals surface area contributed by atoms with Crippen molar-refractivity contribution in [3.05, 3.63) is 28.3 Å². The van der Waals surface area contributed by atoms with Crippen LogP contribution in [0.5, 0.6) is 5.75 Å². The lowest BCUT2D eigenvalue weighted by atomic mass is 9.81. The van der Waals surface area contributed by atoms with Crippen LogP contribution in [0, 0.1) is 18.8 Å². The molecule has 27 heavy (non-hydrogen) atoms. The largest absolute Gasteiger partial charge is 0.426 e. The molecule has 1 saturated heterocycles. The number of hydrogen-bond acceptors (Lipinski definition) is 4. The summed E-state index contributed by atoms with van der Waals surface area (Å²) < 4.78 is 5.49. The molecule has 1 heterocycles. The van der Waals surface area contributed by atoms with Crippen LogP contribution in [0.4, 0.5) is 0 Å². The van der Waals surface area contributed by atoms with Crippen LogP contribution in [0.3, 0.4) is 0 Å². The number of carbonyl (C=O) groups excluding carboxylic acids is 3. The number of aryl methyl sites for hydroxylation is 1. The monoisotopic (exact) mass is 391 g/mol. The number of fused-ring (bicyclic) bond motifs is 1. The number of halogens is 1. The minimum absolute atomic E-state index is 0.00397. The van der Waals surface area contributed by atoms with Gasteiger partial charge in [-0.2, -0.15) is 0 Å². The lowest BCUT2D eigenvalue weighted by molar-refractivity contribution is -0.141. The van der Waals surface area contributed by atoms with Crippen molar-refractivity contribution in [2.75, 3.05) is 6.54 Å². The van der Waals surface area contributed by atoms with Crippen LogP contribution in [0.2, 0.25) is 5.02 Å². The van der Waals surface area contributed by atoms with Crippen molar-refractivity contribution in [3.8, 4) is 5.75 Å². The first-order valence-corrected chi connectivity index (χ1v) is 10.0. The van der Waals surface area contributed by atoms with E-state index in [2.05, 4.69) is 0 Å². The van der Waals surface area contributed by atoms with Gasteiger partial charge in [0.15, 0.2) is 0 Å². The maximum absolute atomic E-state index is 12.5. The minimum Gasteiger partial charge on any atom is -0.426 e. The number of benzene rings is 1. The second kappa shape index (κ2) is 8.01. The zero-order valence-electron chi connectivity index (χ0n) is 16.1. The highest BCUT2D eigenvalue weighted by molar-refractivity contribution is 6.31. The van der Waals surface area contributed by atoms with Crippen LogP contribution in [-0.4, -0.2) is 29.2 Å².